The number of aliphatic hydroxyl groups excluding tert-OH is 1. The van der Waals surface area contributed by atoms with Gasteiger partial charge in [0.15, 0.2) is 0 Å². The number of primary amides is 1. The van der Waals surface area contributed by atoms with Crippen LogP contribution >= 0.6 is 11.8 Å². The van der Waals surface area contributed by atoms with Crippen LogP contribution in [0, 0.1) is 5.92 Å². The summed E-state index contributed by atoms with van der Waals surface area (Å²) in [5.41, 5.74) is 10.6. The molecule has 15 heteroatoms. The zero-order chi connectivity index (χ0) is 28.7. The topological polar surface area (TPSA) is 235 Å². The number of carbonyl (C=O) groups is 6. The van der Waals surface area contributed by atoms with Gasteiger partial charge in [0, 0.05) is 0 Å². The lowest BCUT2D eigenvalue weighted by Gasteiger charge is -2.24. The fourth-order valence-corrected chi connectivity index (χ4v) is 3.37. The molecule has 0 spiro atoms. The van der Waals surface area contributed by atoms with Gasteiger partial charge < -0.3 is 43.2 Å². The number of amides is 6. The number of thioether (sulfide) groups is 1. The highest BCUT2D eigenvalue weighted by Gasteiger charge is 2.27. The second kappa shape index (κ2) is 17.5. The van der Waals surface area contributed by atoms with Crippen molar-refractivity contribution in [1.29, 1.82) is 0 Å². The summed E-state index contributed by atoms with van der Waals surface area (Å²) < 4.78 is 0. The van der Waals surface area contributed by atoms with Gasteiger partial charge in [-0.3, -0.25) is 28.8 Å². The van der Waals surface area contributed by atoms with Crippen LogP contribution in [0.15, 0.2) is 0 Å². The summed E-state index contributed by atoms with van der Waals surface area (Å²) in [6, 6.07) is -5.09. The highest BCUT2D eigenvalue weighted by Crippen LogP contribution is 2.06. The molecule has 14 nitrogen and oxygen atoms in total. The summed E-state index contributed by atoms with van der Waals surface area (Å²) in [5, 5.41) is 21.3. The number of hydrogen-bond donors (Lipinski definition) is 8. The molecule has 5 atom stereocenters. The largest absolute Gasteiger partial charge is 0.394 e. The van der Waals surface area contributed by atoms with E-state index in [0.717, 1.165) is 0 Å². The van der Waals surface area contributed by atoms with Crippen LogP contribution in [0.5, 0.6) is 0 Å². The van der Waals surface area contributed by atoms with Crippen molar-refractivity contribution in [2.24, 2.45) is 17.4 Å². The van der Waals surface area contributed by atoms with Crippen LogP contribution in [0.3, 0.4) is 0 Å². The smallest absolute Gasteiger partial charge is 0.243 e. The zero-order valence-corrected chi connectivity index (χ0v) is 22.8. The van der Waals surface area contributed by atoms with Crippen molar-refractivity contribution in [1.82, 2.24) is 26.6 Å². The first kappa shape index (κ1) is 34.1. The minimum Gasteiger partial charge on any atom is -0.394 e. The number of carbonyl (C=O) groups excluding carboxylic acids is 6. The van der Waals surface area contributed by atoms with E-state index in [1.165, 1.54) is 25.6 Å². The molecule has 0 aromatic heterocycles. The number of aliphatic hydroxyl groups is 1. The zero-order valence-electron chi connectivity index (χ0n) is 22.0. The van der Waals surface area contributed by atoms with Gasteiger partial charge in [-0.1, -0.05) is 13.8 Å². The minimum atomic E-state index is -1.19. The number of rotatable bonds is 17. The van der Waals surface area contributed by atoms with E-state index in [1.807, 2.05) is 20.1 Å². The van der Waals surface area contributed by atoms with Crippen molar-refractivity contribution in [3.63, 3.8) is 0 Å². The predicted molar refractivity (Wildman–Crippen MR) is 139 cm³/mol. The van der Waals surface area contributed by atoms with E-state index in [1.54, 1.807) is 0 Å². The van der Waals surface area contributed by atoms with E-state index < -0.39 is 78.8 Å². The SMILES string of the molecule is CSCC[C@H](NC(=O)[C@@H](N)CO)C(=O)NCC(=O)N[C@@H](C)C(=O)N[C@@H](CC(C)C)C(=O)N[C@@H](C)C(N)=O. The lowest BCUT2D eigenvalue weighted by molar-refractivity contribution is -0.133. The van der Waals surface area contributed by atoms with Gasteiger partial charge in [-0.2, -0.15) is 11.8 Å². The molecule has 0 aliphatic rings. The van der Waals surface area contributed by atoms with Crippen LogP contribution in [0.25, 0.3) is 0 Å². The van der Waals surface area contributed by atoms with Gasteiger partial charge in [-0.25, -0.2) is 0 Å². The number of nitrogens with two attached hydrogens (primary N) is 2. The Bertz CT molecular complexity index is 812. The highest BCUT2D eigenvalue weighted by molar-refractivity contribution is 7.98. The van der Waals surface area contributed by atoms with E-state index in [4.69, 9.17) is 16.6 Å². The maximum Gasteiger partial charge on any atom is 0.243 e. The van der Waals surface area contributed by atoms with Crippen molar-refractivity contribution in [3.05, 3.63) is 0 Å². The van der Waals surface area contributed by atoms with E-state index >= 15 is 0 Å². The molecule has 0 rings (SSSR count). The lowest BCUT2D eigenvalue weighted by Crippen LogP contribution is -2.56. The minimum absolute atomic E-state index is 0.0338. The Labute approximate surface area is 221 Å². The molecule has 0 aromatic rings. The Morgan fingerprint density at radius 2 is 1.41 bits per heavy atom. The molecule has 0 aromatic carbocycles. The molecular formula is C22H41N7O7S. The van der Waals surface area contributed by atoms with E-state index in [-0.39, 0.29) is 18.8 Å². The molecule has 0 fully saturated rings. The first-order valence-corrected chi connectivity index (χ1v) is 13.3. The summed E-state index contributed by atoms with van der Waals surface area (Å²) in [7, 11) is 0. The van der Waals surface area contributed by atoms with E-state index in [2.05, 4.69) is 26.6 Å². The highest BCUT2D eigenvalue weighted by atomic mass is 32.2. The summed E-state index contributed by atoms with van der Waals surface area (Å²) in [6.45, 7) is 5.47. The average Bonchev–Trinajstić information content (AvgIpc) is 2.83. The third-order valence-electron chi connectivity index (χ3n) is 5.10. The standard InChI is InChI=1S/C22H41N7O7S/c1-11(2)8-16(22(36)27-12(3)18(24)32)29-19(33)13(4)26-17(31)9-25-21(35)15(6-7-37-5)28-20(34)14(23)10-30/h11-16,30H,6-10,23H2,1-5H3,(H2,24,32)(H,25,35)(H,26,31)(H,27,36)(H,28,34)(H,29,33)/t12-,13-,14-,15-,16-/m0/s1. The Morgan fingerprint density at radius 3 is 1.92 bits per heavy atom. The number of hydrogen-bond acceptors (Lipinski definition) is 9. The first-order valence-electron chi connectivity index (χ1n) is 11.9. The first-order chi connectivity index (χ1) is 17.2. The molecule has 37 heavy (non-hydrogen) atoms. The molecule has 0 saturated carbocycles. The van der Waals surface area contributed by atoms with Crippen molar-refractivity contribution in [2.45, 2.75) is 70.7 Å². The fourth-order valence-electron chi connectivity index (χ4n) is 2.90. The van der Waals surface area contributed by atoms with Crippen molar-refractivity contribution >= 4 is 47.2 Å². The lowest BCUT2D eigenvalue weighted by atomic mass is 10.0. The molecule has 0 bridgehead atoms. The van der Waals surface area contributed by atoms with Gasteiger partial charge in [0.2, 0.25) is 35.4 Å². The Balaban J connectivity index is 4.98. The Kier molecular flexibility index (Phi) is 16.2. The Morgan fingerprint density at radius 1 is 0.811 bits per heavy atom. The van der Waals surface area contributed by atoms with Gasteiger partial charge in [0.1, 0.15) is 30.2 Å². The maximum absolute atomic E-state index is 12.6. The third-order valence-corrected chi connectivity index (χ3v) is 5.74. The molecule has 0 aliphatic heterocycles. The molecule has 0 saturated heterocycles. The molecule has 6 amide bonds. The third kappa shape index (κ3) is 13.8. The summed E-state index contributed by atoms with van der Waals surface area (Å²) in [4.78, 5) is 73.1. The van der Waals surface area contributed by atoms with Crippen LogP contribution in [0.1, 0.15) is 40.5 Å². The normalized spacial score (nSPS) is 14.9. The fraction of sp³-hybridized carbons (Fsp3) is 0.727. The predicted octanol–water partition coefficient (Wildman–Crippen LogP) is -3.31. The van der Waals surface area contributed by atoms with Gasteiger partial charge >= 0.3 is 0 Å². The molecule has 0 radical (unpaired) electrons. The number of nitrogens with one attached hydrogen (secondary N) is 5. The molecule has 0 unspecified atom stereocenters. The van der Waals surface area contributed by atoms with Crippen LogP contribution < -0.4 is 38.1 Å². The van der Waals surface area contributed by atoms with E-state index in [0.29, 0.717) is 5.75 Å². The van der Waals surface area contributed by atoms with Crippen LogP contribution in [0.4, 0.5) is 0 Å². The van der Waals surface area contributed by atoms with Gasteiger partial charge in [-0.15, -0.1) is 0 Å². The molecular weight excluding hydrogens is 506 g/mol. The molecule has 0 aliphatic carbocycles. The summed E-state index contributed by atoms with van der Waals surface area (Å²) in [6.07, 6.45) is 2.37. The van der Waals surface area contributed by atoms with Crippen LogP contribution in [-0.4, -0.2) is 95.9 Å². The average molecular weight is 548 g/mol. The molecule has 0 heterocycles. The van der Waals surface area contributed by atoms with Crippen molar-refractivity contribution in [3.8, 4) is 0 Å². The van der Waals surface area contributed by atoms with Gasteiger partial charge in [0.05, 0.1) is 13.2 Å². The van der Waals surface area contributed by atoms with Crippen LogP contribution in [-0.2, 0) is 28.8 Å². The monoisotopic (exact) mass is 547 g/mol. The molecule has 10 N–H and O–H groups in total. The van der Waals surface area contributed by atoms with Crippen LogP contribution in [0.2, 0.25) is 0 Å². The van der Waals surface area contributed by atoms with Crippen molar-refractivity contribution in [2.75, 3.05) is 25.2 Å². The van der Waals surface area contributed by atoms with E-state index in [9.17, 15) is 28.8 Å². The quantitative estimate of drug-likeness (QED) is 0.0908. The van der Waals surface area contributed by atoms with Gasteiger partial charge in [-0.05, 0) is 44.6 Å². The van der Waals surface area contributed by atoms with Gasteiger partial charge in [0.25, 0.3) is 0 Å². The molecule has 212 valence electrons. The van der Waals surface area contributed by atoms with Crippen molar-refractivity contribution < 1.29 is 33.9 Å². The Hall–Kier alpha value is -2.91. The summed E-state index contributed by atoms with van der Waals surface area (Å²) >= 11 is 1.45. The second-order valence-electron chi connectivity index (χ2n) is 8.96. The summed E-state index contributed by atoms with van der Waals surface area (Å²) in [5.74, 6) is -3.39. The second-order valence-corrected chi connectivity index (χ2v) is 9.95. The maximum atomic E-state index is 12.6.